The Morgan fingerprint density at radius 2 is 2.50 bits per heavy atom. The number of nitrogens with one attached hydrogen (secondary N) is 2. The normalized spacial score (nSPS) is 20.1. The zero-order chi connectivity index (χ0) is 10.0. The van der Waals surface area contributed by atoms with Gasteiger partial charge >= 0.3 is 0 Å². The van der Waals surface area contributed by atoms with E-state index in [1.54, 1.807) is 0 Å². The molecule has 1 heterocycles. The van der Waals surface area contributed by atoms with Gasteiger partial charge in [0.05, 0.1) is 12.1 Å². The first-order chi connectivity index (χ1) is 6.82. The van der Waals surface area contributed by atoms with Gasteiger partial charge in [0.2, 0.25) is 6.41 Å². The Bertz CT molecular complexity index is 304. The number of hydrogen-bond acceptors (Lipinski definition) is 2. The van der Waals surface area contributed by atoms with Crippen molar-refractivity contribution in [1.82, 2.24) is 10.3 Å². The van der Waals surface area contributed by atoms with Crippen LogP contribution in [0.5, 0.6) is 0 Å². The van der Waals surface area contributed by atoms with Crippen LogP contribution in [-0.2, 0) is 4.79 Å². The molecule has 2 rings (SSSR count). The molecule has 1 aliphatic rings. The third-order valence-electron chi connectivity index (χ3n) is 2.98. The molecule has 0 saturated heterocycles. The Labute approximate surface area is 82.3 Å². The van der Waals surface area contributed by atoms with Gasteiger partial charge in [-0.2, -0.15) is 0 Å². The number of carbonyl (C=O) groups is 1. The quantitative estimate of drug-likeness (QED) is 0.593. The maximum absolute atomic E-state index is 10.4. The highest BCUT2D eigenvalue weighted by atomic mass is 16.3. The number of H-pyrrole nitrogens is 1. The second kappa shape index (κ2) is 3.46. The molecule has 1 atom stereocenters. The van der Waals surface area contributed by atoms with Gasteiger partial charge in [-0.3, -0.25) is 4.79 Å². The van der Waals surface area contributed by atoms with Crippen LogP contribution in [0.4, 0.5) is 0 Å². The largest absolute Gasteiger partial charge is 0.396 e. The van der Waals surface area contributed by atoms with E-state index < -0.39 is 0 Å². The maximum atomic E-state index is 10.4. The van der Waals surface area contributed by atoms with Crippen LogP contribution in [-0.4, -0.2) is 28.6 Å². The maximum Gasteiger partial charge on any atom is 0.207 e. The number of aromatic nitrogens is 1. The molecule has 0 aromatic carbocycles. The lowest BCUT2D eigenvalue weighted by Crippen LogP contribution is -2.38. The van der Waals surface area contributed by atoms with Crippen LogP contribution in [0, 0.1) is 0 Å². The van der Waals surface area contributed by atoms with Gasteiger partial charge in [0, 0.05) is 17.8 Å². The Morgan fingerprint density at radius 3 is 2.93 bits per heavy atom. The number of carbonyl (C=O) groups excluding carboxylic acids is 1. The summed E-state index contributed by atoms with van der Waals surface area (Å²) in [5.74, 6) is -0.0114. The summed E-state index contributed by atoms with van der Waals surface area (Å²) < 4.78 is 0. The summed E-state index contributed by atoms with van der Waals surface area (Å²) in [5.41, 5.74) is 0.779. The molecule has 0 bridgehead atoms. The van der Waals surface area contributed by atoms with Crippen molar-refractivity contribution in [3.8, 4) is 0 Å². The van der Waals surface area contributed by atoms with Crippen molar-refractivity contribution in [3.63, 3.8) is 0 Å². The van der Waals surface area contributed by atoms with Crippen molar-refractivity contribution in [3.05, 3.63) is 24.0 Å². The third kappa shape index (κ3) is 1.42. The fourth-order valence-electron chi connectivity index (χ4n) is 1.98. The van der Waals surface area contributed by atoms with E-state index >= 15 is 0 Å². The molecule has 0 aliphatic heterocycles. The lowest BCUT2D eigenvalue weighted by atomic mass is 9.95. The SMILES string of the molecule is O=CNC1(C(CO)c2ccc[nH]2)CC1. The minimum Gasteiger partial charge on any atom is -0.396 e. The summed E-state index contributed by atoms with van der Waals surface area (Å²) in [5, 5.41) is 12.1. The molecule has 1 aromatic rings. The zero-order valence-electron chi connectivity index (χ0n) is 7.86. The molecule has 4 heteroatoms. The Morgan fingerprint density at radius 1 is 1.71 bits per heavy atom. The smallest absolute Gasteiger partial charge is 0.207 e. The van der Waals surface area contributed by atoms with Gasteiger partial charge in [0.25, 0.3) is 0 Å². The molecule has 0 radical (unpaired) electrons. The average Bonchev–Trinajstić information content (AvgIpc) is 2.77. The monoisotopic (exact) mass is 194 g/mol. The summed E-state index contributed by atoms with van der Waals surface area (Å²) >= 11 is 0. The third-order valence-corrected chi connectivity index (χ3v) is 2.98. The van der Waals surface area contributed by atoms with Gasteiger partial charge in [-0.1, -0.05) is 0 Å². The van der Waals surface area contributed by atoms with Crippen molar-refractivity contribution in [1.29, 1.82) is 0 Å². The fraction of sp³-hybridized carbons (Fsp3) is 0.500. The van der Waals surface area contributed by atoms with Crippen LogP contribution in [0.15, 0.2) is 18.3 Å². The first-order valence-electron chi connectivity index (χ1n) is 4.78. The van der Waals surface area contributed by atoms with Crippen molar-refractivity contribution in [2.45, 2.75) is 24.3 Å². The molecule has 1 aliphatic carbocycles. The Hall–Kier alpha value is -1.29. The molecule has 1 unspecified atom stereocenters. The number of aliphatic hydroxyl groups is 1. The molecule has 1 amide bonds. The predicted octanol–water partition coefficient (Wildman–Crippen LogP) is 0.369. The van der Waals surface area contributed by atoms with Crippen LogP contribution >= 0.6 is 0 Å². The molecular formula is C10H14N2O2. The topological polar surface area (TPSA) is 65.1 Å². The van der Waals surface area contributed by atoms with Crippen LogP contribution in [0.1, 0.15) is 24.5 Å². The average molecular weight is 194 g/mol. The van der Waals surface area contributed by atoms with E-state index in [0.29, 0.717) is 0 Å². The molecule has 4 nitrogen and oxygen atoms in total. The van der Waals surface area contributed by atoms with Gasteiger partial charge in [0.1, 0.15) is 0 Å². The Balaban J connectivity index is 2.17. The van der Waals surface area contributed by atoms with E-state index in [0.717, 1.165) is 24.9 Å². The molecule has 0 spiro atoms. The summed E-state index contributed by atoms with van der Waals surface area (Å²) in [6.45, 7) is 0.0569. The minimum atomic E-state index is -0.207. The van der Waals surface area contributed by atoms with Crippen molar-refractivity contribution < 1.29 is 9.90 Å². The van der Waals surface area contributed by atoms with Crippen LogP contribution in [0.25, 0.3) is 0 Å². The second-order valence-corrected chi connectivity index (χ2v) is 3.78. The lowest BCUT2D eigenvalue weighted by molar-refractivity contribution is -0.110. The van der Waals surface area contributed by atoms with Crippen molar-refractivity contribution >= 4 is 6.41 Å². The van der Waals surface area contributed by atoms with E-state index in [1.807, 2.05) is 18.3 Å². The summed E-state index contributed by atoms with van der Waals surface area (Å²) in [6.07, 6.45) is 4.43. The molecule has 1 saturated carbocycles. The highest BCUT2D eigenvalue weighted by molar-refractivity contribution is 5.50. The molecule has 76 valence electrons. The molecule has 3 N–H and O–H groups in total. The van der Waals surface area contributed by atoms with Crippen molar-refractivity contribution in [2.75, 3.05) is 6.61 Å². The zero-order valence-corrected chi connectivity index (χ0v) is 7.86. The van der Waals surface area contributed by atoms with E-state index in [1.165, 1.54) is 0 Å². The molecular weight excluding hydrogens is 180 g/mol. The molecule has 1 fully saturated rings. The van der Waals surface area contributed by atoms with Gasteiger partial charge in [0.15, 0.2) is 0 Å². The lowest BCUT2D eigenvalue weighted by Gasteiger charge is -2.23. The van der Waals surface area contributed by atoms with Gasteiger partial charge in [-0.25, -0.2) is 0 Å². The van der Waals surface area contributed by atoms with Gasteiger partial charge < -0.3 is 15.4 Å². The number of rotatable bonds is 5. The number of aliphatic hydroxyl groups excluding tert-OH is 1. The fourth-order valence-corrected chi connectivity index (χ4v) is 1.98. The summed E-state index contributed by atoms with van der Waals surface area (Å²) in [4.78, 5) is 13.5. The first kappa shape index (κ1) is 9.27. The Kier molecular flexibility index (Phi) is 2.29. The van der Waals surface area contributed by atoms with Crippen LogP contribution < -0.4 is 5.32 Å². The number of hydrogen-bond donors (Lipinski definition) is 3. The molecule has 14 heavy (non-hydrogen) atoms. The minimum absolute atomic E-state index is 0.0114. The molecule has 1 aromatic heterocycles. The van der Waals surface area contributed by atoms with E-state index in [9.17, 15) is 9.90 Å². The van der Waals surface area contributed by atoms with Crippen LogP contribution in [0.3, 0.4) is 0 Å². The first-order valence-corrected chi connectivity index (χ1v) is 4.78. The van der Waals surface area contributed by atoms with Gasteiger partial charge in [-0.15, -0.1) is 0 Å². The standard InChI is InChI=1S/C10H14N2O2/c13-6-8(9-2-1-5-11-9)10(3-4-10)12-7-14/h1-2,5,7-8,11,13H,3-4,6H2,(H,12,14). The van der Waals surface area contributed by atoms with E-state index in [4.69, 9.17) is 0 Å². The van der Waals surface area contributed by atoms with Gasteiger partial charge in [-0.05, 0) is 25.0 Å². The highest BCUT2D eigenvalue weighted by Gasteiger charge is 2.49. The van der Waals surface area contributed by atoms with Crippen LogP contribution in [0.2, 0.25) is 0 Å². The van der Waals surface area contributed by atoms with E-state index in [-0.39, 0.29) is 18.1 Å². The van der Waals surface area contributed by atoms with E-state index in [2.05, 4.69) is 10.3 Å². The predicted molar refractivity (Wildman–Crippen MR) is 51.8 cm³/mol. The number of amides is 1. The number of aromatic amines is 1. The van der Waals surface area contributed by atoms with Crippen molar-refractivity contribution in [2.24, 2.45) is 0 Å². The second-order valence-electron chi connectivity index (χ2n) is 3.78. The summed E-state index contributed by atoms with van der Waals surface area (Å²) in [6, 6.07) is 3.84. The summed E-state index contributed by atoms with van der Waals surface area (Å²) in [7, 11) is 0. The highest BCUT2D eigenvalue weighted by Crippen LogP contribution is 2.46.